The van der Waals surface area contributed by atoms with Gasteiger partial charge in [0.25, 0.3) is 0 Å². The third-order valence-corrected chi connectivity index (χ3v) is 27.4. The molecule has 8 aromatic rings. The summed E-state index contributed by atoms with van der Waals surface area (Å²) in [5, 5.41) is 74.9. The molecule has 20 atom stereocenters. The maximum atomic E-state index is 14.0. The zero-order chi connectivity index (χ0) is 98.8. The zero-order valence-electron chi connectivity index (χ0n) is 81.6. The standard InChI is InChI=1S/C30H39FN2O3.C20H41N5O7.C20H24N2O2.C19H24N2.C16H21NO2.H2O4S/c1-21(2)29-26-12-11-24(31)18-22(26)13-14-30(29,36-28(34)20-35-4)15-17-33(3)16-7-9-25-19-23-8-5-6-10-27(23)32-25;1-20(28)8-29-19(14(27)17(20)25-3)32-16-12(23)6-11(22)15(13(16)26)31-18-10(21)5-4-9(30-18)7-24-2;1-2-14-11-22-8-6-15(14)10-19(22)20(24)16-5-7-21-18-4-3-13(12-23)9-17(16)18;1-20(2)14-7-15-21-18-10-5-3-8-16(18)12-13-17-9-4-6-11-19(17)21;1-12(2)17-10-14(18)11-19-16-9-5-7-13-6-3-4-8-15(13)16;1-5(2,3)4/h5-6,8,10-12,18,21,29H,7,9,13-17,19-20H2,1-4H3;9-19,24-28H,4-8,21-23H2,1-3H3;2-5,7,9,14-15,19-20,23-24H,1,6,8,10-12H2;3-6,8-11H,7,12-15H2,1-2H3;3-9,12,14,17-18H,10-11H2,1-2H3;(H2,1,2,3,4)/t29-,30-;9-,10+,11-,12+,13-,14+,15+,16-,17+,18?,19+,20-;14-,15?,19-,20+;;;/m000.../s1. The van der Waals surface area contributed by atoms with E-state index in [2.05, 4.69) is 181 Å². The number of piperidine rings is 3. The van der Waals surface area contributed by atoms with Crippen LogP contribution in [0.4, 0.5) is 21.5 Å². The maximum absolute atomic E-state index is 14.0. The van der Waals surface area contributed by atoms with Crippen molar-refractivity contribution in [2.45, 2.75) is 240 Å². The number of carbonyl (C=O) groups is 1. The van der Waals surface area contributed by atoms with Crippen LogP contribution in [0.2, 0.25) is 0 Å². The van der Waals surface area contributed by atoms with Gasteiger partial charge in [-0.05, 0) is 256 Å². The van der Waals surface area contributed by atoms with Crippen LogP contribution in [0.1, 0.15) is 150 Å². The number of aliphatic hydroxyl groups is 6. The summed E-state index contributed by atoms with van der Waals surface area (Å²) in [7, 11) is 6.73. The number of halogens is 1. The number of aromatic nitrogens is 1. The summed E-state index contributed by atoms with van der Waals surface area (Å²) in [6.07, 6.45) is 9.45. The highest BCUT2D eigenvalue weighted by Crippen LogP contribution is 2.49. The van der Waals surface area contributed by atoms with Crippen molar-refractivity contribution >= 4 is 60.8 Å². The number of hydrogen-bond donors (Lipinski definition) is 14. The van der Waals surface area contributed by atoms with E-state index < -0.39 is 88.9 Å². The number of likely N-dealkylation sites (N-methyl/N-ethyl adjacent to an activating group) is 2. The van der Waals surface area contributed by atoms with Gasteiger partial charge in [0.15, 0.2) is 12.6 Å². The van der Waals surface area contributed by atoms with Crippen LogP contribution < -0.4 is 42.8 Å². The smallest absolute Gasteiger partial charge is 0.394 e. The third-order valence-electron chi connectivity index (χ3n) is 27.4. The number of ether oxygens (including phenoxy) is 7. The summed E-state index contributed by atoms with van der Waals surface area (Å²) in [4.78, 5) is 31.4. The van der Waals surface area contributed by atoms with Gasteiger partial charge >= 0.3 is 16.4 Å². The molecule has 6 fully saturated rings. The number of esters is 1. The highest BCUT2D eigenvalue weighted by molar-refractivity contribution is 7.79. The van der Waals surface area contributed by atoms with E-state index in [4.69, 9.17) is 72.9 Å². The van der Waals surface area contributed by atoms with Gasteiger partial charge in [-0.15, -0.1) is 6.58 Å². The van der Waals surface area contributed by atoms with Crippen LogP contribution >= 0.6 is 0 Å². The summed E-state index contributed by atoms with van der Waals surface area (Å²) < 4.78 is 86.1. The second-order valence-electron chi connectivity index (χ2n) is 38.8. The van der Waals surface area contributed by atoms with Gasteiger partial charge < -0.3 is 112 Å². The second kappa shape index (κ2) is 51.9. The molecular weight excluding hydrogens is 1770 g/mol. The molecule has 5 saturated heterocycles. The topological polar surface area (TPSA) is 430 Å². The first-order valence-electron chi connectivity index (χ1n) is 48.4. The Labute approximate surface area is 808 Å². The maximum Gasteiger partial charge on any atom is 0.394 e. The highest BCUT2D eigenvalue weighted by Gasteiger charge is 2.52. The van der Waals surface area contributed by atoms with Crippen molar-refractivity contribution in [2.24, 2.45) is 39.9 Å². The van der Waals surface area contributed by atoms with Crippen molar-refractivity contribution < 1.29 is 90.5 Å². The molecule has 7 aromatic carbocycles. The molecule has 0 radical (unpaired) electrons. The lowest BCUT2D eigenvalue weighted by Gasteiger charge is -2.50. The van der Waals surface area contributed by atoms with Crippen LogP contribution in [0, 0.1) is 23.6 Å². The van der Waals surface area contributed by atoms with E-state index in [1.54, 1.807) is 26.2 Å². The molecule has 30 nitrogen and oxygen atoms in total. The quantitative estimate of drug-likeness (QED) is 0.0106. The first-order valence-corrected chi connectivity index (χ1v) is 49.8. The Bertz CT molecular complexity index is 5220. The van der Waals surface area contributed by atoms with Crippen LogP contribution in [0.25, 0.3) is 21.7 Å². The summed E-state index contributed by atoms with van der Waals surface area (Å²) in [6, 6.07) is 51.2. The number of rotatable bonds is 32. The van der Waals surface area contributed by atoms with Crippen molar-refractivity contribution in [3.8, 4) is 5.75 Å². The molecule has 752 valence electrons. The fourth-order valence-corrected chi connectivity index (χ4v) is 20.5. The number of nitrogens with one attached hydrogen (secondary N) is 3. The summed E-state index contributed by atoms with van der Waals surface area (Å²) >= 11 is 0. The van der Waals surface area contributed by atoms with E-state index in [1.165, 1.54) is 59.8 Å². The van der Waals surface area contributed by atoms with Crippen molar-refractivity contribution in [3.05, 3.63) is 221 Å². The minimum Gasteiger partial charge on any atom is -0.490 e. The van der Waals surface area contributed by atoms with Crippen molar-refractivity contribution in [1.82, 2.24) is 35.6 Å². The number of anilines is 2. The Balaban J connectivity index is 0.000000165. The highest BCUT2D eigenvalue weighted by atomic mass is 32.3. The number of benzene rings is 7. The lowest BCUT2D eigenvalue weighted by Crippen LogP contribution is -2.68. The largest absolute Gasteiger partial charge is 0.490 e. The molecule has 1 aromatic heterocycles. The lowest BCUT2D eigenvalue weighted by atomic mass is 9.65. The second-order valence-corrected chi connectivity index (χ2v) is 39.7. The molecular formula is C105H151FN12O18S. The van der Waals surface area contributed by atoms with E-state index in [0.29, 0.717) is 56.8 Å². The average molecular weight is 1920 g/mol. The fourth-order valence-electron chi connectivity index (χ4n) is 20.5. The normalized spacial score (nSPS) is 26.9. The molecule has 1 saturated carbocycles. The number of aryl methyl sites for hydroxylation is 3. The summed E-state index contributed by atoms with van der Waals surface area (Å²) in [5.74, 6) is 1.69. The molecule has 8 heterocycles. The average Bonchev–Trinajstić information content (AvgIpc) is 1.28. The van der Waals surface area contributed by atoms with Gasteiger partial charge in [-0.3, -0.25) is 24.0 Å². The molecule has 17 rings (SSSR count). The van der Waals surface area contributed by atoms with Crippen LogP contribution in [-0.4, -0.2) is 291 Å². The number of para-hydroxylation sites is 3. The van der Waals surface area contributed by atoms with Crippen molar-refractivity contribution in [1.29, 1.82) is 0 Å². The molecule has 9 aliphatic rings. The molecule has 0 amide bonds. The van der Waals surface area contributed by atoms with Crippen LogP contribution in [0.3, 0.4) is 0 Å². The number of nitrogens with two attached hydrogens (primary N) is 3. The lowest BCUT2D eigenvalue weighted by molar-refractivity contribution is -0.306. The Kier molecular flexibility index (Phi) is 41.3. The Hall–Kier alpha value is -8.31. The van der Waals surface area contributed by atoms with Gasteiger partial charge in [-0.25, -0.2) is 9.18 Å². The van der Waals surface area contributed by atoms with Gasteiger partial charge in [0, 0.05) is 117 Å². The van der Waals surface area contributed by atoms with Crippen LogP contribution in [0.15, 0.2) is 182 Å². The predicted octanol–water partition coefficient (Wildman–Crippen LogP) is 10.6. The van der Waals surface area contributed by atoms with Crippen molar-refractivity contribution in [3.63, 3.8) is 0 Å². The Morgan fingerprint density at radius 3 is 2.08 bits per heavy atom. The monoisotopic (exact) mass is 1920 g/mol. The van der Waals surface area contributed by atoms with E-state index in [9.17, 15) is 39.8 Å². The number of nitrogens with zero attached hydrogens (tertiary/aromatic N) is 6. The number of methoxy groups -OCH3 is 1. The number of aliphatic hydroxyl groups excluding tert-OH is 5. The van der Waals surface area contributed by atoms with Crippen LogP contribution in [0.5, 0.6) is 5.75 Å². The van der Waals surface area contributed by atoms with Gasteiger partial charge in [0.2, 0.25) is 0 Å². The summed E-state index contributed by atoms with van der Waals surface area (Å²) in [5.41, 5.74) is 30.9. The molecule has 4 unspecified atom stereocenters. The van der Waals surface area contributed by atoms with Gasteiger partial charge in [0.05, 0.1) is 48.7 Å². The molecule has 7 aliphatic heterocycles. The molecule has 17 N–H and O–H groups in total. The minimum atomic E-state index is -4.67. The van der Waals surface area contributed by atoms with Gasteiger partial charge in [0.1, 0.15) is 66.5 Å². The molecule has 2 aliphatic carbocycles. The fraction of sp³-hybridized carbons (Fsp3) is 0.552. The summed E-state index contributed by atoms with van der Waals surface area (Å²) in [6.45, 7) is 21.4. The SMILES string of the molecule is C=C[C@H]1CN2CCC1C[C@H]2[C@H](O)c1ccnc2ccc(CO)cc12.CC(C)NCC(O)COc1cccc2ccccc12.CN(C)CCCN1c2ccccc2CCc2ccccc21.CNC[C@@H]1CC[C@@H](N)C(O[C@H]2[C@H](O)[C@@H](O[C@H]3OC[C@](C)(O)[C@H](NC)[C@H]3O)[C@H](N)C[C@@H]2N)O1.COCC(=O)O[C@]1(CCN(C)CCCC2=Nc3ccccc3C2)CCc2cc(F)ccc2[C@@H]1C(C)C.O=S(=O)(O)O. The van der Waals surface area contributed by atoms with Gasteiger partial charge in [-0.2, -0.15) is 8.42 Å². The van der Waals surface area contributed by atoms with Gasteiger partial charge in [-0.1, -0.05) is 137 Å². The van der Waals surface area contributed by atoms with E-state index in [1.807, 2.05) is 73.8 Å². The Morgan fingerprint density at radius 1 is 0.766 bits per heavy atom. The predicted molar refractivity (Wildman–Crippen MR) is 535 cm³/mol. The molecule has 2 bridgehead atoms. The number of carbonyl (C=O) groups excluding carboxylic acids is 1. The van der Waals surface area contributed by atoms with E-state index >= 15 is 0 Å². The molecule has 32 heteroatoms. The number of hydrogen-bond acceptors (Lipinski definition) is 28. The number of aliphatic imine (C=N–C) groups is 1. The van der Waals surface area contributed by atoms with E-state index in [-0.39, 0.29) is 61.6 Å². The Morgan fingerprint density at radius 2 is 1.44 bits per heavy atom. The molecule has 0 spiro atoms. The van der Waals surface area contributed by atoms with E-state index in [0.717, 1.165) is 152 Å². The van der Waals surface area contributed by atoms with Crippen molar-refractivity contribution in [2.75, 3.05) is 119 Å². The zero-order valence-corrected chi connectivity index (χ0v) is 82.4. The first-order chi connectivity index (χ1) is 65.5. The first kappa shape index (κ1) is 109. The minimum absolute atomic E-state index is 0.000980. The number of fused-ring (bicyclic) bond motifs is 9. The van der Waals surface area contributed by atoms with Crippen LogP contribution in [-0.2, 0) is 75.9 Å². The third kappa shape index (κ3) is 30.4. The molecule has 137 heavy (non-hydrogen) atoms. The number of pyridine rings is 1.